The van der Waals surface area contributed by atoms with E-state index in [2.05, 4.69) is 0 Å². The van der Waals surface area contributed by atoms with E-state index in [9.17, 15) is 0 Å². The van der Waals surface area contributed by atoms with Crippen molar-refractivity contribution in [2.24, 2.45) is 0 Å². The normalized spacial score (nSPS) is 12.5. The first kappa shape index (κ1) is 39.6. The molecule has 0 saturated heterocycles. The topological polar surface area (TPSA) is 44.5 Å². The Morgan fingerprint density at radius 3 is 0.922 bits per heavy atom. The number of halogens is 6. The van der Waals surface area contributed by atoms with Crippen LogP contribution in [0.2, 0.25) is 0 Å². The fourth-order valence-corrected chi connectivity index (χ4v) is 7.41. The fourth-order valence-electron chi connectivity index (χ4n) is 7.41. The summed E-state index contributed by atoms with van der Waals surface area (Å²) < 4.78 is 107. The van der Waals surface area contributed by atoms with Crippen LogP contribution in [0.3, 0.4) is 0 Å². The lowest BCUT2D eigenvalue weighted by molar-refractivity contribution is -0.289. The summed E-state index contributed by atoms with van der Waals surface area (Å²) in [5, 5.41) is 0. The number of aryl methyl sites for hydroxylation is 2. The highest BCUT2D eigenvalue weighted by molar-refractivity contribution is 5.67. The van der Waals surface area contributed by atoms with E-state index >= 15 is 26.3 Å². The maximum Gasteiger partial charge on any atom is 0.411 e. The van der Waals surface area contributed by atoms with Crippen LogP contribution in [-0.2, 0) is 5.41 Å². The van der Waals surface area contributed by atoms with Crippen LogP contribution >= 0.6 is 0 Å². The fraction of sp³-hybridized carbons (Fsp3) is 0.429. The number of hydrogen-bond acceptors (Lipinski definition) is 3. The smallest absolute Gasteiger partial charge is 0.411 e. The number of nitrogens with two attached hydrogens (primary N) is 1. The molecule has 51 heavy (non-hydrogen) atoms. The van der Waals surface area contributed by atoms with Gasteiger partial charge >= 0.3 is 12.4 Å². The Morgan fingerprint density at radius 2 is 0.627 bits per heavy atom. The van der Waals surface area contributed by atoms with Crippen molar-refractivity contribution in [3.8, 4) is 23.0 Å². The van der Waals surface area contributed by atoms with Gasteiger partial charge < -0.3 is 15.2 Å². The number of benzene rings is 4. The molecule has 4 aromatic rings. The number of anilines is 1. The van der Waals surface area contributed by atoms with E-state index in [0.29, 0.717) is 17.2 Å². The predicted molar refractivity (Wildman–Crippen MR) is 194 cm³/mol. The van der Waals surface area contributed by atoms with Crippen LogP contribution in [0.25, 0.3) is 0 Å². The van der Waals surface area contributed by atoms with Crippen molar-refractivity contribution in [1.29, 1.82) is 0 Å². The van der Waals surface area contributed by atoms with Gasteiger partial charge in [0.1, 0.15) is 23.0 Å². The van der Waals surface area contributed by atoms with E-state index in [4.69, 9.17) is 15.2 Å². The second-order valence-corrected chi connectivity index (χ2v) is 14.3. The highest BCUT2D eigenvalue weighted by atomic mass is 19.4. The molecule has 3 nitrogen and oxygen atoms in total. The Kier molecular flexibility index (Phi) is 10.2. The van der Waals surface area contributed by atoms with Gasteiger partial charge in [-0.3, -0.25) is 0 Å². The third-order valence-corrected chi connectivity index (χ3v) is 11.7. The van der Waals surface area contributed by atoms with E-state index in [1.165, 1.54) is 41.5 Å². The van der Waals surface area contributed by atoms with Crippen LogP contribution in [0.15, 0.2) is 12.1 Å². The first-order chi connectivity index (χ1) is 23.2. The van der Waals surface area contributed by atoms with Gasteiger partial charge in [-0.15, -0.1) is 0 Å². The summed E-state index contributed by atoms with van der Waals surface area (Å²) in [6.07, 6.45) is -11.6. The Morgan fingerprint density at radius 1 is 0.373 bits per heavy atom. The number of nitrogen functional groups attached to an aromatic ring is 1. The van der Waals surface area contributed by atoms with E-state index in [1.54, 1.807) is 0 Å². The minimum atomic E-state index is -5.78. The van der Waals surface area contributed by atoms with Crippen molar-refractivity contribution >= 4 is 5.69 Å². The average molecular weight is 714 g/mol. The van der Waals surface area contributed by atoms with Gasteiger partial charge in [-0.1, -0.05) is 12.1 Å². The SMILES string of the molecule is Cc1cc(C(c2cc(C)c(Oc3c(C)c(C)c(N)c(C)c3C)c(C)c2C)(C(F)(F)F)C(F)(F)F)c(C)c(C)c1Oc1c(C)c(C)c(C)c(C)c1C. The molecule has 0 bridgehead atoms. The minimum Gasteiger partial charge on any atom is -0.456 e. The van der Waals surface area contributed by atoms with E-state index in [0.717, 1.165) is 62.2 Å². The molecule has 0 heterocycles. The summed E-state index contributed by atoms with van der Waals surface area (Å²) in [7, 11) is 0. The van der Waals surface area contributed by atoms with Crippen molar-refractivity contribution in [2.45, 2.75) is 122 Å². The molecule has 4 aromatic carbocycles. The van der Waals surface area contributed by atoms with Gasteiger partial charge in [0.2, 0.25) is 5.41 Å². The molecular weight excluding hydrogens is 664 g/mol. The molecule has 0 spiro atoms. The van der Waals surface area contributed by atoms with E-state index in [-0.39, 0.29) is 44.9 Å². The third kappa shape index (κ3) is 5.94. The van der Waals surface area contributed by atoms with Gasteiger partial charge in [0.15, 0.2) is 0 Å². The zero-order valence-electron chi connectivity index (χ0n) is 32.3. The zero-order chi connectivity index (χ0) is 39.0. The highest BCUT2D eigenvalue weighted by Crippen LogP contribution is 2.59. The summed E-state index contributed by atoms with van der Waals surface area (Å²) in [6, 6.07) is 1.98. The monoisotopic (exact) mass is 713 g/mol. The van der Waals surface area contributed by atoms with Crippen molar-refractivity contribution < 1.29 is 35.8 Å². The van der Waals surface area contributed by atoms with Gasteiger partial charge in [0.05, 0.1) is 0 Å². The zero-order valence-corrected chi connectivity index (χ0v) is 32.3. The average Bonchev–Trinajstić information content (AvgIpc) is 3.03. The van der Waals surface area contributed by atoms with Crippen LogP contribution in [0.5, 0.6) is 23.0 Å². The lowest BCUT2D eigenvalue weighted by Crippen LogP contribution is -2.55. The molecule has 0 atom stereocenters. The first-order valence-electron chi connectivity index (χ1n) is 16.9. The lowest BCUT2D eigenvalue weighted by Gasteiger charge is -2.41. The summed E-state index contributed by atoms with van der Waals surface area (Å²) in [4.78, 5) is 0. The molecule has 2 N–H and O–H groups in total. The van der Waals surface area contributed by atoms with Crippen LogP contribution < -0.4 is 15.2 Å². The van der Waals surface area contributed by atoms with Crippen molar-refractivity contribution in [3.05, 3.63) is 107 Å². The molecule has 0 fully saturated rings. The molecule has 0 unspecified atom stereocenters. The quantitative estimate of drug-likeness (QED) is 0.160. The summed E-state index contributed by atoms with van der Waals surface area (Å²) in [5.41, 5.74) is 8.94. The summed E-state index contributed by atoms with van der Waals surface area (Å²) in [6.45, 7) is 25.6. The molecule has 0 amide bonds. The van der Waals surface area contributed by atoms with Crippen LogP contribution in [0.4, 0.5) is 32.0 Å². The van der Waals surface area contributed by atoms with Crippen LogP contribution in [-0.4, -0.2) is 12.4 Å². The largest absolute Gasteiger partial charge is 0.456 e. The third-order valence-electron chi connectivity index (χ3n) is 11.7. The van der Waals surface area contributed by atoms with Crippen molar-refractivity contribution in [2.75, 3.05) is 5.73 Å². The van der Waals surface area contributed by atoms with Crippen LogP contribution in [0.1, 0.15) is 94.6 Å². The molecule has 0 aromatic heterocycles. The van der Waals surface area contributed by atoms with Crippen molar-refractivity contribution in [3.63, 3.8) is 0 Å². The first-order valence-corrected chi connectivity index (χ1v) is 16.9. The Bertz CT molecular complexity index is 1880. The van der Waals surface area contributed by atoms with Crippen LogP contribution in [0, 0.1) is 104 Å². The number of hydrogen-bond donors (Lipinski definition) is 1. The van der Waals surface area contributed by atoms with Crippen molar-refractivity contribution in [1.82, 2.24) is 0 Å². The predicted octanol–water partition coefficient (Wildman–Crippen LogP) is 12.9. The summed E-state index contributed by atoms with van der Waals surface area (Å²) in [5.74, 6) is 1.45. The molecule has 4 rings (SSSR count). The van der Waals surface area contributed by atoms with Gasteiger partial charge in [-0.05, 0) is 198 Å². The number of rotatable bonds is 6. The minimum absolute atomic E-state index is 0.138. The number of alkyl halides is 6. The van der Waals surface area contributed by atoms with Gasteiger partial charge in [-0.25, -0.2) is 0 Å². The second kappa shape index (κ2) is 13.1. The maximum atomic E-state index is 15.7. The van der Waals surface area contributed by atoms with E-state index in [1.807, 2.05) is 62.3 Å². The molecule has 0 saturated carbocycles. The highest BCUT2D eigenvalue weighted by Gasteiger charge is 2.73. The Balaban J connectivity index is 2.05. The maximum absolute atomic E-state index is 15.7. The molecular formula is C42H49F6NO2. The molecule has 0 radical (unpaired) electrons. The summed E-state index contributed by atoms with van der Waals surface area (Å²) >= 11 is 0. The number of ether oxygens (including phenoxy) is 2. The molecule has 0 aliphatic heterocycles. The molecule has 276 valence electrons. The lowest BCUT2D eigenvalue weighted by atomic mass is 9.68. The van der Waals surface area contributed by atoms with Gasteiger partial charge in [-0.2, -0.15) is 26.3 Å². The second-order valence-electron chi connectivity index (χ2n) is 14.3. The Hall–Kier alpha value is -4.14. The standard InChI is InChI=1S/C42H49F6NO2/c1-18-16-33(23(6)29(12)36(18)50-38-27(10)21(4)20(3)22(5)28(38)11)40(41(43,44)45,42(46,47)48)34-17-19(2)37(30(13)24(34)7)51-39-31(14)25(8)35(49)26(9)32(39)15/h16-17H,49H2,1-15H3. The van der Waals surface area contributed by atoms with Gasteiger partial charge in [0, 0.05) is 5.69 Å². The van der Waals surface area contributed by atoms with E-state index < -0.39 is 28.9 Å². The molecule has 0 aliphatic carbocycles. The Labute approximate surface area is 298 Å². The molecule has 9 heteroatoms. The van der Waals surface area contributed by atoms with Gasteiger partial charge in [0.25, 0.3) is 0 Å². The molecule has 0 aliphatic rings.